The third kappa shape index (κ3) is 3.75. The van der Waals surface area contributed by atoms with Crippen molar-refractivity contribution in [2.45, 2.75) is 39.3 Å². The Morgan fingerprint density at radius 2 is 1.56 bits per heavy atom. The van der Waals surface area contributed by atoms with Gasteiger partial charge in [0.2, 0.25) is 8.32 Å². The first kappa shape index (κ1) is 13.4. The van der Waals surface area contributed by atoms with Crippen LogP contribution in [0.15, 0.2) is 18.2 Å². The minimum Gasteiger partial charge on any atom is -0.544 e. The molecule has 1 rings (SSSR count). The molecule has 0 radical (unpaired) electrons. The van der Waals surface area contributed by atoms with Crippen LogP contribution in [-0.2, 0) is 0 Å². The minimum absolute atomic E-state index is 0.116. The summed E-state index contributed by atoms with van der Waals surface area (Å²) in [6.07, 6.45) is 0. The van der Waals surface area contributed by atoms with Gasteiger partial charge in [-0.25, -0.2) is 4.39 Å². The normalized spacial score (nSPS) is 12.7. The Labute approximate surface area is 99.8 Å². The second kappa shape index (κ2) is 4.33. The average Bonchev–Trinajstić information content (AvgIpc) is 1.97. The molecular formula is C12H21FOSi2. The molecule has 0 aliphatic rings. The van der Waals surface area contributed by atoms with Crippen LogP contribution >= 0.6 is 0 Å². The summed E-state index contributed by atoms with van der Waals surface area (Å²) in [7, 11) is -3.22. The molecule has 0 atom stereocenters. The fourth-order valence-electron chi connectivity index (χ4n) is 1.52. The first-order chi connectivity index (χ1) is 7.09. The fraction of sp³-hybridized carbons (Fsp3) is 0.500. The highest BCUT2D eigenvalue weighted by Crippen LogP contribution is 2.18. The topological polar surface area (TPSA) is 9.23 Å². The van der Waals surface area contributed by atoms with Crippen LogP contribution in [0.5, 0.6) is 5.75 Å². The lowest BCUT2D eigenvalue weighted by Crippen LogP contribution is -2.40. The lowest BCUT2D eigenvalue weighted by molar-refractivity contribution is 0.546. The molecule has 0 heterocycles. The third-order valence-electron chi connectivity index (χ3n) is 2.17. The van der Waals surface area contributed by atoms with Crippen molar-refractivity contribution in [3.8, 4) is 5.75 Å². The van der Waals surface area contributed by atoms with Crippen LogP contribution in [0, 0.1) is 5.82 Å². The van der Waals surface area contributed by atoms with Crippen molar-refractivity contribution in [2.75, 3.05) is 0 Å². The summed E-state index contributed by atoms with van der Waals surface area (Å²) in [6.45, 7) is 12.7. The summed E-state index contributed by atoms with van der Waals surface area (Å²) in [5, 5.41) is 0.871. The zero-order valence-corrected chi connectivity index (χ0v) is 13.0. The quantitative estimate of drug-likeness (QED) is 0.751. The van der Waals surface area contributed by atoms with Gasteiger partial charge in [0, 0.05) is 6.07 Å². The zero-order valence-electron chi connectivity index (χ0n) is 11.0. The number of rotatable bonds is 3. The molecule has 1 aromatic rings. The van der Waals surface area contributed by atoms with Crippen molar-refractivity contribution in [1.82, 2.24) is 0 Å². The molecule has 0 amide bonds. The van der Waals surface area contributed by atoms with Crippen molar-refractivity contribution in [1.29, 1.82) is 0 Å². The molecule has 0 aromatic heterocycles. The summed E-state index contributed by atoms with van der Waals surface area (Å²) in [6, 6.07) is 5.32. The molecule has 0 unspecified atom stereocenters. The molecule has 1 aromatic carbocycles. The molecule has 0 fully saturated rings. The van der Waals surface area contributed by atoms with E-state index in [1.54, 1.807) is 0 Å². The zero-order chi connectivity index (χ0) is 12.6. The molecule has 0 saturated carbocycles. The van der Waals surface area contributed by atoms with Crippen molar-refractivity contribution in [3.05, 3.63) is 24.0 Å². The van der Waals surface area contributed by atoms with Crippen LogP contribution in [0.4, 0.5) is 4.39 Å². The fourth-order valence-corrected chi connectivity index (χ4v) is 3.73. The summed E-state index contributed by atoms with van der Waals surface area (Å²) >= 11 is 0. The first-order valence-electron chi connectivity index (χ1n) is 5.59. The maximum absolute atomic E-state index is 13.9. The van der Waals surface area contributed by atoms with Gasteiger partial charge >= 0.3 is 0 Å². The van der Waals surface area contributed by atoms with Gasteiger partial charge in [-0.3, -0.25) is 0 Å². The summed E-state index contributed by atoms with van der Waals surface area (Å²) < 4.78 is 19.7. The van der Waals surface area contributed by atoms with Crippen LogP contribution in [-0.4, -0.2) is 16.4 Å². The van der Waals surface area contributed by atoms with E-state index in [2.05, 4.69) is 39.3 Å². The second-order valence-electron chi connectivity index (χ2n) is 6.11. The van der Waals surface area contributed by atoms with Gasteiger partial charge in [-0.2, -0.15) is 0 Å². The lowest BCUT2D eigenvalue weighted by Gasteiger charge is -2.22. The molecule has 0 spiro atoms. The largest absolute Gasteiger partial charge is 0.544 e. The van der Waals surface area contributed by atoms with Gasteiger partial charge in [-0.15, -0.1) is 0 Å². The standard InChI is InChI=1S/C12H21FOSi2/c1-15(2,3)12-8-7-10(9-11(12)13)14-16(4,5)6/h7-9H,1-6H3. The minimum atomic E-state index is -1.64. The molecule has 90 valence electrons. The SMILES string of the molecule is C[Si](C)(C)Oc1ccc([Si](C)(C)C)c(F)c1. The summed E-state index contributed by atoms with van der Waals surface area (Å²) in [5.41, 5.74) is 0. The smallest absolute Gasteiger partial charge is 0.242 e. The van der Waals surface area contributed by atoms with Crippen molar-refractivity contribution < 1.29 is 8.82 Å². The summed E-state index contributed by atoms with van der Waals surface area (Å²) in [5.74, 6) is 0.550. The van der Waals surface area contributed by atoms with Gasteiger partial charge in [-0.1, -0.05) is 25.7 Å². The second-order valence-corrected chi connectivity index (χ2v) is 15.6. The van der Waals surface area contributed by atoms with Crippen molar-refractivity contribution in [2.24, 2.45) is 0 Å². The van der Waals surface area contributed by atoms with E-state index >= 15 is 0 Å². The van der Waals surface area contributed by atoms with Gasteiger partial charge in [0.1, 0.15) is 11.6 Å². The molecule has 4 heteroatoms. The Hall–Kier alpha value is -0.616. The van der Waals surface area contributed by atoms with E-state index in [-0.39, 0.29) is 5.82 Å². The van der Waals surface area contributed by atoms with Gasteiger partial charge in [-0.05, 0) is 30.9 Å². The molecule has 0 bridgehead atoms. The van der Waals surface area contributed by atoms with E-state index in [9.17, 15) is 4.39 Å². The molecular weight excluding hydrogens is 235 g/mol. The molecule has 0 saturated heterocycles. The van der Waals surface area contributed by atoms with E-state index < -0.39 is 16.4 Å². The first-order valence-corrected chi connectivity index (χ1v) is 12.5. The van der Waals surface area contributed by atoms with Crippen LogP contribution in [0.2, 0.25) is 39.3 Å². The molecule has 0 aliphatic carbocycles. The Morgan fingerprint density at radius 3 is 1.94 bits per heavy atom. The number of hydrogen-bond donors (Lipinski definition) is 0. The van der Waals surface area contributed by atoms with E-state index in [1.165, 1.54) is 6.07 Å². The Bertz CT molecular complexity index is 378. The maximum atomic E-state index is 13.9. The van der Waals surface area contributed by atoms with Gasteiger partial charge in [0.25, 0.3) is 0 Å². The van der Waals surface area contributed by atoms with E-state index in [4.69, 9.17) is 4.43 Å². The van der Waals surface area contributed by atoms with Crippen LogP contribution in [0.1, 0.15) is 0 Å². The monoisotopic (exact) mass is 256 g/mol. The average molecular weight is 256 g/mol. The molecule has 0 N–H and O–H groups in total. The Kier molecular flexibility index (Phi) is 3.64. The van der Waals surface area contributed by atoms with Crippen LogP contribution in [0.25, 0.3) is 0 Å². The van der Waals surface area contributed by atoms with Gasteiger partial charge in [0.05, 0.1) is 8.07 Å². The number of hydrogen-bond acceptors (Lipinski definition) is 1. The number of halogens is 1. The third-order valence-corrected chi connectivity index (χ3v) is 5.04. The van der Waals surface area contributed by atoms with Crippen LogP contribution in [0.3, 0.4) is 0 Å². The van der Waals surface area contributed by atoms with Gasteiger partial charge < -0.3 is 4.43 Å². The molecule has 1 nitrogen and oxygen atoms in total. The highest BCUT2D eigenvalue weighted by molar-refractivity contribution is 6.88. The molecule has 0 aliphatic heterocycles. The Morgan fingerprint density at radius 1 is 1.00 bits per heavy atom. The maximum Gasteiger partial charge on any atom is 0.242 e. The van der Waals surface area contributed by atoms with E-state index in [0.29, 0.717) is 5.75 Å². The predicted molar refractivity (Wildman–Crippen MR) is 73.4 cm³/mol. The van der Waals surface area contributed by atoms with Crippen molar-refractivity contribution >= 4 is 21.6 Å². The van der Waals surface area contributed by atoms with Crippen molar-refractivity contribution in [3.63, 3.8) is 0 Å². The summed E-state index contributed by atoms with van der Waals surface area (Å²) in [4.78, 5) is 0. The van der Waals surface area contributed by atoms with E-state index in [1.807, 2.05) is 12.1 Å². The van der Waals surface area contributed by atoms with E-state index in [0.717, 1.165) is 5.19 Å². The highest BCUT2D eigenvalue weighted by atomic mass is 28.4. The number of benzene rings is 1. The highest BCUT2D eigenvalue weighted by Gasteiger charge is 2.22. The van der Waals surface area contributed by atoms with Crippen LogP contribution < -0.4 is 9.61 Å². The Balaban J connectivity index is 3.01. The predicted octanol–water partition coefficient (Wildman–Crippen LogP) is 3.58. The molecule has 16 heavy (non-hydrogen) atoms. The lowest BCUT2D eigenvalue weighted by atomic mass is 10.3. The van der Waals surface area contributed by atoms with Gasteiger partial charge in [0.15, 0.2) is 0 Å².